The number of anilines is 1. The molecule has 3 aromatic heterocycles. The number of aliphatic hydroxyl groups excluding tert-OH is 1. The first-order chi connectivity index (χ1) is 11.1. The summed E-state index contributed by atoms with van der Waals surface area (Å²) >= 11 is 1.45. The Balaban J connectivity index is 2.11. The van der Waals surface area contributed by atoms with Crippen molar-refractivity contribution >= 4 is 32.6 Å². The Morgan fingerprint density at radius 3 is 2.78 bits per heavy atom. The van der Waals surface area contributed by atoms with Gasteiger partial charge in [0, 0.05) is 30.0 Å². The fourth-order valence-electron chi connectivity index (χ4n) is 2.55. The molecule has 23 heavy (non-hydrogen) atoms. The molecule has 0 bridgehead atoms. The number of carbonyl (C=O) groups is 1. The van der Waals surface area contributed by atoms with Crippen LogP contribution in [0.25, 0.3) is 15.9 Å². The number of aryl methyl sites for hydroxylation is 2. The lowest BCUT2D eigenvalue weighted by Gasteiger charge is -2.09. The average Bonchev–Trinajstić information content (AvgIpc) is 3.11. The maximum atomic E-state index is 12.0. The lowest BCUT2D eigenvalue weighted by molar-refractivity contribution is 0.245. The number of urea groups is 1. The predicted molar refractivity (Wildman–Crippen MR) is 92.5 cm³/mol. The zero-order chi connectivity index (χ0) is 16.4. The van der Waals surface area contributed by atoms with E-state index < -0.39 is 0 Å². The van der Waals surface area contributed by atoms with Crippen molar-refractivity contribution in [2.24, 2.45) is 0 Å². The highest BCUT2D eigenvalue weighted by molar-refractivity contribution is 7.23. The Kier molecular flexibility index (Phi) is 4.31. The van der Waals surface area contributed by atoms with E-state index in [2.05, 4.69) is 15.6 Å². The van der Waals surface area contributed by atoms with Gasteiger partial charge in [0.1, 0.15) is 9.83 Å². The number of aliphatic hydroxyl groups is 1. The van der Waals surface area contributed by atoms with Crippen molar-refractivity contribution in [3.05, 3.63) is 41.9 Å². The summed E-state index contributed by atoms with van der Waals surface area (Å²) in [5, 5.41) is 16.0. The molecule has 0 atom stereocenters. The van der Waals surface area contributed by atoms with E-state index in [0.29, 0.717) is 0 Å². The summed E-state index contributed by atoms with van der Waals surface area (Å²) in [4.78, 5) is 17.4. The molecule has 0 unspecified atom stereocenters. The largest absolute Gasteiger partial charge is 0.395 e. The third-order valence-electron chi connectivity index (χ3n) is 3.45. The number of thiophene rings is 1. The quantitative estimate of drug-likeness (QED) is 0.688. The Morgan fingerprint density at radius 1 is 1.35 bits per heavy atom. The van der Waals surface area contributed by atoms with Crippen LogP contribution in [0.5, 0.6) is 0 Å². The predicted octanol–water partition coefficient (Wildman–Crippen LogP) is 2.82. The highest BCUT2D eigenvalue weighted by Gasteiger charge is 2.18. The van der Waals surface area contributed by atoms with Crippen molar-refractivity contribution in [2.75, 3.05) is 18.5 Å². The first-order valence-electron chi connectivity index (χ1n) is 7.30. The molecule has 120 valence electrons. The van der Waals surface area contributed by atoms with Crippen molar-refractivity contribution in [2.45, 2.75) is 13.8 Å². The lowest BCUT2D eigenvalue weighted by atomic mass is 10.1. The molecule has 0 aliphatic carbocycles. The van der Waals surface area contributed by atoms with Gasteiger partial charge >= 0.3 is 6.03 Å². The number of rotatable bonds is 4. The zero-order valence-electron chi connectivity index (χ0n) is 13.0. The minimum Gasteiger partial charge on any atom is -0.395 e. The first-order valence-corrected chi connectivity index (χ1v) is 8.11. The van der Waals surface area contributed by atoms with Crippen LogP contribution in [0, 0.1) is 13.8 Å². The van der Waals surface area contributed by atoms with Crippen LogP contribution in [0.2, 0.25) is 0 Å². The molecule has 2 amide bonds. The second-order valence-corrected chi connectivity index (χ2v) is 6.23. The Labute approximate surface area is 137 Å². The lowest BCUT2D eigenvalue weighted by Crippen LogP contribution is -2.30. The standard InChI is InChI=1S/C16H18N4O2S/c1-10-9-11(2)18-14-12(10)13(20-6-3-4-7-20)15(23-14)19-16(22)17-5-8-21/h3-4,6-7,9,21H,5,8H2,1-2H3,(H2,17,19,22). The third kappa shape index (κ3) is 3.06. The Bertz CT molecular complexity index is 840. The molecule has 7 heteroatoms. The van der Waals surface area contributed by atoms with Crippen LogP contribution in [0.15, 0.2) is 30.6 Å². The summed E-state index contributed by atoms with van der Waals surface area (Å²) in [6.45, 7) is 4.13. The van der Waals surface area contributed by atoms with Gasteiger partial charge in [-0.05, 0) is 37.6 Å². The van der Waals surface area contributed by atoms with Gasteiger partial charge in [-0.15, -0.1) is 0 Å². The van der Waals surface area contributed by atoms with Crippen molar-refractivity contribution < 1.29 is 9.90 Å². The molecule has 0 aliphatic rings. The van der Waals surface area contributed by atoms with Gasteiger partial charge in [-0.25, -0.2) is 9.78 Å². The molecule has 0 spiro atoms. The van der Waals surface area contributed by atoms with Crippen LogP contribution in [0.1, 0.15) is 11.3 Å². The number of nitrogens with zero attached hydrogens (tertiary/aromatic N) is 2. The maximum Gasteiger partial charge on any atom is 0.319 e. The summed E-state index contributed by atoms with van der Waals surface area (Å²) in [5.74, 6) is 0. The molecule has 3 aromatic rings. The number of fused-ring (bicyclic) bond motifs is 1. The van der Waals surface area contributed by atoms with Crippen molar-refractivity contribution in [3.63, 3.8) is 0 Å². The van der Waals surface area contributed by atoms with Gasteiger partial charge in [0.2, 0.25) is 0 Å². The zero-order valence-corrected chi connectivity index (χ0v) is 13.8. The van der Waals surface area contributed by atoms with Gasteiger partial charge in [-0.3, -0.25) is 5.32 Å². The van der Waals surface area contributed by atoms with Gasteiger partial charge in [-0.2, -0.15) is 0 Å². The molecule has 0 aliphatic heterocycles. The average molecular weight is 330 g/mol. The topological polar surface area (TPSA) is 79.2 Å². The van der Waals surface area contributed by atoms with E-state index in [1.807, 2.05) is 49.0 Å². The third-order valence-corrected chi connectivity index (χ3v) is 4.44. The number of hydrogen-bond donors (Lipinski definition) is 3. The van der Waals surface area contributed by atoms with Gasteiger partial charge in [0.25, 0.3) is 0 Å². The van der Waals surface area contributed by atoms with E-state index in [4.69, 9.17) is 5.11 Å². The number of pyridine rings is 1. The monoisotopic (exact) mass is 330 g/mol. The molecule has 0 fully saturated rings. The Morgan fingerprint density at radius 2 is 2.09 bits per heavy atom. The summed E-state index contributed by atoms with van der Waals surface area (Å²) in [7, 11) is 0. The second-order valence-electron chi connectivity index (χ2n) is 5.24. The van der Waals surface area contributed by atoms with E-state index >= 15 is 0 Å². The van der Waals surface area contributed by atoms with E-state index in [-0.39, 0.29) is 19.2 Å². The summed E-state index contributed by atoms with van der Waals surface area (Å²) in [5.41, 5.74) is 2.99. The van der Waals surface area contributed by atoms with Crippen LogP contribution in [-0.4, -0.2) is 33.8 Å². The summed E-state index contributed by atoms with van der Waals surface area (Å²) < 4.78 is 1.98. The molecule has 0 radical (unpaired) electrons. The van der Waals surface area contributed by atoms with Crippen molar-refractivity contribution in [3.8, 4) is 5.69 Å². The van der Waals surface area contributed by atoms with Crippen LogP contribution in [0.4, 0.5) is 9.80 Å². The summed E-state index contributed by atoms with van der Waals surface area (Å²) in [6, 6.07) is 5.58. The number of carbonyl (C=O) groups excluding carboxylic acids is 1. The number of amides is 2. The fourth-order valence-corrected chi connectivity index (χ4v) is 3.74. The van der Waals surface area contributed by atoms with E-state index in [1.54, 1.807) is 0 Å². The molecule has 3 rings (SSSR count). The van der Waals surface area contributed by atoms with E-state index in [0.717, 1.165) is 32.2 Å². The molecule has 6 nitrogen and oxygen atoms in total. The van der Waals surface area contributed by atoms with Gasteiger partial charge in [0.05, 0.1) is 12.3 Å². The molecule has 0 aromatic carbocycles. The van der Waals surface area contributed by atoms with Crippen molar-refractivity contribution in [1.29, 1.82) is 0 Å². The summed E-state index contributed by atoms with van der Waals surface area (Å²) in [6.07, 6.45) is 3.88. The molecule has 0 saturated carbocycles. The molecule has 3 heterocycles. The minimum absolute atomic E-state index is 0.0931. The number of aromatic nitrogens is 2. The van der Waals surface area contributed by atoms with Gasteiger partial charge in [-0.1, -0.05) is 11.3 Å². The molecule has 0 saturated heterocycles. The van der Waals surface area contributed by atoms with E-state index in [9.17, 15) is 4.79 Å². The minimum atomic E-state index is -0.339. The normalized spacial score (nSPS) is 10.9. The number of nitrogens with one attached hydrogen (secondary N) is 2. The fraction of sp³-hybridized carbons (Fsp3) is 0.250. The smallest absolute Gasteiger partial charge is 0.319 e. The maximum absolute atomic E-state index is 12.0. The second kappa shape index (κ2) is 6.39. The molecular formula is C16H18N4O2S. The van der Waals surface area contributed by atoms with Gasteiger partial charge < -0.3 is 15.0 Å². The first kappa shape index (κ1) is 15.5. The van der Waals surface area contributed by atoms with Crippen LogP contribution in [-0.2, 0) is 0 Å². The molecule has 3 N–H and O–H groups in total. The number of hydrogen-bond acceptors (Lipinski definition) is 4. The molecular weight excluding hydrogens is 312 g/mol. The van der Waals surface area contributed by atoms with Crippen LogP contribution < -0.4 is 10.6 Å². The van der Waals surface area contributed by atoms with E-state index in [1.165, 1.54) is 11.3 Å². The SMILES string of the molecule is Cc1cc(C)c2c(-n3cccc3)c(NC(=O)NCCO)sc2n1. The van der Waals surface area contributed by atoms with Gasteiger partial charge in [0.15, 0.2) is 0 Å². The van der Waals surface area contributed by atoms with Crippen molar-refractivity contribution in [1.82, 2.24) is 14.9 Å². The highest BCUT2D eigenvalue weighted by atomic mass is 32.1. The van der Waals surface area contributed by atoms with Crippen LogP contribution >= 0.6 is 11.3 Å². The highest BCUT2D eigenvalue weighted by Crippen LogP contribution is 2.39. The van der Waals surface area contributed by atoms with Crippen LogP contribution in [0.3, 0.4) is 0 Å². The Hall–Kier alpha value is -2.38.